The first-order chi connectivity index (χ1) is 11.4. The number of benzene rings is 2. The van der Waals surface area contributed by atoms with Crippen LogP contribution in [-0.4, -0.2) is 0 Å². The van der Waals surface area contributed by atoms with Gasteiger partial charge in [0, 0.05) is 5.56 Å². The Kier molecular flexibility index (Phi) is 2.31. The molecule has 0 amide bonds. The summed E-state index contributed by atoms with van der Waals surface area (Å²) in [5.41, 5.74) is 4.19. The van der Waals surface area contributed by atoms with E-state index in [0.29, 0.717) is 6.61 Å². The van der Waals surface area contributed by atoms with Crippen LogP contribution in [0.2, 0.25) is 0 Å². The molecule has 5 aliphatic carbocycles. The summed E-state index contributed by atoms with van der Waals surface area (Å²) in [6, 6.07) is 19.1. The van der Waals surface area contributed by atoms with E-state index in [0.717, 1.165) is 41.3 Å². The molecule has 4 fully saturated rings. The van der Waals surface area contributed by atoms with Crippen molar-refractivity contribution in [2.75, 3.05) is 0 Å². The van der Waals surface area contributed by atoms with Crippen LogP contribution in [0.4, 0.5) is 0 Å². The minimum absolute atomic E-state index is 0.650. The number of para-hydroxylation sites is 1. The van der Waals surface area contributed by atoms with E-state index in [-0.39, 0.29) is 0 Å². The molecule has 1 nitrogen and oxygen atoms in total. The quantitative estimate of drug-likeness (QED) is 0.789. The second-order valence-corrected chi connectivity index (χ2v) is 7.71. The lowest BCUT2D eigenvalue weighted by atomic mass is 9.89. The third-order valence-corrected chi connectivity index (χ3v) is 6.82. The highest BCUT2D eigenvalue weighted by Gasteiger charge is 2.75. The van der Waals surface area contributed by atoms with Gasteiger partial charge in [0.2, 0.25) is 0 Å². The van der Waals surface area contributed by atoms with Gasteiger partial charge in [-0.15, -0.1) is 0 Å². The maximum atomic E-state index is 6.20. The Labute approximate surface area is 137 Å². The van der Waals surface area contributed by atoms with Crippen molar-refractivity contribution >= 4 is 5.57 Å². The van der Waals surface area contributed by atoms with E-state index in [4.69, 9.17) is 4.74 Å². The third kappa shape index (κ3) is 1.58. The molecule has 0 aliphatic heterocycles. The molecule has 6 unspecified atom stereocenters. The van der Waals surface area contributed by atoms with Crippen molar-refractivity contribution in [2.45, 2.75) is 13.0 Å². The van der Waals surface area contributed by atoms with Crippen LogP contribution >= 0.6 is 0 Å². The molecule has 6 atom stereocenters. The van der Waals surface area contributed by atoms with Gasteiger partial charge in [-0.05, 0) is 59.1 Å². The number of allylic oxidation sites excluding steroid dienone is 2. The molecule has 4 saturated carbocycles. The zero-order valence-electron chi connectivity index (χ0n) is 13.1. The lowest BCUT2D eigenvalue weighted by molar-refractivity contribution is 0.305. The Balaban J connectivity index is 1.31. The highest BCUT2D eigenvalue weighted by atomic mass is 16.5. The molecule has 7 rings (SSSR count). The molecular weight excluding hydrogens is 280 g/mol. The normalized spacial score (nSPS) is 37.8. The highest BCUT2D eigenvalue weighted by molar-refractivity contribution is 5.77. The van der Waals surface area contributed by atoms with Crippen LogP contribution in [0.5, 0.6) is 5.75 Å². The van der Waals surface area contributed by atoms with Crippen LogP contribution in [-0.2, 0) is 6.61 Å². The van der Waals surface area contributed by atoms with Crippen molar-refractivity contribution in [1.82, 2.24) is 0 Å². The van der Waals surface area contributed by atoms with Gasteiger partial charge in [0.25, 0.3) is 0 Å². The summed E-state index contributed by atoms with van der Waals surface area (Å²) in [5, 5.41) is 0. The van der Waals surface area contributed by atoms with Crippen molar-refractivity contribution in [3.8, 4) is 5.75 Å². The summed E-state index contributed by atoms with van der Waals surface area (Å²) in [6.45, 7) is 0.650. The van der Waals surface area contributed by atoms with Gasteiger partial charge in [-0.25, -0.2) is 0 Å². The standard InChI is InChI=1S/C22H20O/c1-2-6-13(7-3-1)12-23-19-9-5-4-8-14(19)15-10-16-17-11-18-21(16)22(18)20(15)17/h1-10,16-18,20-22H,11-12H2. The van der Waals surface area contributed by atoms with Crippen molar-refractivity contribution < 1.29 is 4.74 Å². The van der Waals surface area contributed by atoms with E-state index in [2.05, 4.69) is 60.7 Å². The molecule has 0 N–H and O–H groups in total. The Hall–Kier alpha value is -2.02. The Bertz CT molecular complexity index is 806. The van der Waals surface area contributed by atoms with Gasteiger partial charge in [-0.2, -0.15) is 0 Å². The molecule has 0 spiro atoms. The molecule has 0 radical (unpaired) electrons. The van der Waals surface area contributed by atoms with Gasteiger partial charge in [0.05, 0.1) is 0 Å². The fourth-order valence-electron chi connectivity index (χ4n) is 6.05. The molecule has 23 heavy (non-hydrogen) atoms. The summed E-state index contributed by atoms with van der Waals surface area (Å²) < 4.78 is 6.20. The van der Waals surface area contributed by atoms with Gasteiger partial charge in [-0.1, -0.05) is 54.6 Å². The zero-order chi connectivity index (χ0) is 15.0. The minimum Gasteiger partial charge on any atom is -0.488 e. The molecule has 0 aromatic heterocycles. The third-order valence-electron chi connectivity index (χ3n) is 6.82. The number of hydrogen-bond acceptors (Lipinski definition) is 1. The van der Waals surface area contributed by atoms with Crippen molar-refractivity contribution in [3.63, 3.8) is 0 Å². The second kappa shape index (κ2) is 4.29. The first-order valence-electron chi connectivity index (χ1n) is 8.89. The monoisotopic (exact) mass is 300 g/mol. The average molecular weight is 300 g/mol. The highest BCUT2D eigenvalue weighted by Crippen LogP contribution is 2.81. The van der Waals surface area contributed by atoms with Crippen LogP contribution in [0.3, 0.4) is 0 Å². The maximum absolute atomic E-state index is 6.20. The van der Waals surface area contributed by atoms with Gasteiger partial charge in [-0.3, -0.25) is 0 Å². The van der Waals surface area contributed by atoms with E-state index in [1.807, 2.05) is 0 Å². The van der Waals surface area contributed by atoms with Crippen LogP contribution in [0.1, 0.15) is 17.5 Å². The molecule has 114 valence electrons. The first kappa shape index (κ1) is 12.4. The molecule has 1 heteroatoms. The molecule has 6 bridgehead atoms. The largest absolute Gasteiger partial charge is 0.488 e. The van der Waals surface area contributed by atoms with Crippen LogP contribution < -0.4 is 4.74 Å². The van der Waals surface area contributed by atoms with Crippen LogP contribution in [0.15, 0.2) is 60.7 Å². The van der Waals surface area contributed by atoms with Gasteiger partial charge < -0.3 is 4.74 Å². The van der Waals surface area contributed by atoms with Crippen molar-refractivity contribution in [1.29, 1.82) is 0 Å². The molecular formula is C22H20O. The summed E-state index contributed by atoms with van der Waals surface area (Å²) in [4.78, 5) is 0. The molecule has 5 aliphatic rings. The molecule has 0 heterocycles. The molecule has 2 aromatic rings. The molecule has 2 aromatic carbocycles. The van der Waals surface area contributed by atoms with E-state index >= 15 is 0 Å². The number of hydrogen-bond donors (Lipinski definition) is 0. The molecule has 0 saturated heterocycles. The maximum Gasteiger partial charge on any atom is 0.127 e. The van der Waals surface area contributed by atoms with Crippen LogP contribution in [0, 0.1) is 35.5 Å². The predicted molar refractivity (Wildman–Crippen MR) is 90.8 cm³/mol. The van der Waals surface area contributed by atoms with Crippen molar-refractivity contribution in [2.24, 2.45) is 35.5 Å². The Morgan fingerprint density at radius 1 is 0.870 bits per heavy atom. The fourth-order valence-corrected chi connectivity index (χ4v) is 6.05. The average Bonchev–Trinajstić information content (AvgIpc) is 2.95. The van der Waals surface area contributed by atoms with E-state index in [9.17, 15) is 0 Å². The Morgan fingerprint density at radius 3 is 2.48 bits per heavy atom. The topological polar surface area (TPSA) is 9.23 Å². The van der Waals surface area contributed by atoms with Crippen molar-refractivity contribution in [3.05, 3.63) is 71.8 Å². The van der Waals surface area contributed by atoms with Crippen LogP contribution in [0.25, 0.3) is 5.57 Å². The smallest absolute Gasteiger partial charge is 0.127 e. The minimum atomic E-state index is 0.650. The van der Waals surface area contributed by atoms with Gasteiger partial charge in [0.15, 0.2) is 0 Å². The first-order valence-corrected chi connectivity index (χ1v) is 8.89. The van der Waals surface area contributed by atoms with E-state index in [1.54, 1.807) is 5.57 Å². The summed E-state index contributed by atoms with van der Waals surface area (Å²) in [7, 11) is 0. The van der Waals surface area contributed by atoms with Gasteiger partial charge in [0.1, 0.15) is 12.4 Å². The SMILES string of the molecule is C1=C(c2ccccc2OCc2ccccc2)C2C3CC4C(C13)C42. The summed E-state index contributed by atoms with van der Waals surface area (Å²) >= 11 is 0. The second-order valence-electron chi connectivity index (χ2n) is 7.71. The number of rotatable bonds is 4. The van der Waals surface area contributed by atoms with Gasteiger partial charge >= 0.3 is 0 Å². The number of ether oxygens (including phenoxy) is 1. The lowest BCUT2D eigenvalue weighted by Crippen LogP contribution is -2.06. The summed E-state index contributed by atoms with van der Waals surface area (Å²) in [6.07, 6.45) is 4.10. The van der Waals surface area contributed by atoms with E-state index < -0.39 is 0 Å². The lowest BCUT2D eigenvalue weighted by Gasteiger charge is -2.18. The Morgan fingerprint density at radius 2 is 1.70 bits per heavy atom. The zero-order valence-corrected chi connectivity index (χ0v) is 13.1. The summed E-state index contributed by atoms with van der Waals surface area (Å²) in [5.74, 6) is 6.92. The predicted octanol–water partition coefficient (Wildman–Crippen LogP) is 4.79. The fraction of sp³-hybridized carbons (Fsp3) is 0.364. The van der Waals surface area contributed by atoms with E-state index in [1.165, 1.54) is 17.5 Å².